The van der Waals surface area contributed by atoms with E-state index in [1.54, 1.807) is 0 Å². The molecule has 9 aromatic rings. The number of allylic oxidation sites excluding steroid dienone is 2. The zero-order valence-electron chi connectivity index (χ0n) is 23.0. The maximum atomic E-state index is 5.28. The lowest BCUT2D eigenvalue weighted by Crippen LogP contribution is -1.97. The van der Waals surface area contributed by atoms with E-state index in [-0.39, 0.29) is 0 Å². The molecule has 0 aliphatic heterocycles. The molecule has 5 aromatic carbocycles. The second-order valence-electron chi connectivity index (χ2n) is 10.8. The van der Waals surface area contributed by atoms with Crippen molar-refractivity contribution >= 4 is 87.7 Å². The van der Waals surface area contributed by atoms with E-state index in [4.69, 9.17) is 4.98 Å². The molecule has 0 bridgehead atoms. The molecule has 0 saturated carbocycles. The summed E-state index contributed by atoms with van der Waals surface area (Å²) in [5, 5.41) is 7.38. The standard InChI is InChI=1S/C38H25N3S/c1-3-4-14-25-23(2)42-33-22-21-28-34-29(38-39-30-16-9-11-18-32(30)41(38)37(28)35(25)33)20-19-27-26-15-8-10-17-31(26)40(36(27)34)24-12-6-5-7-13-24/h3-22H,1H2,2H3/b14-4-. The van der Waals surface area contributed by atoms with Crippen molar-refractivity contribution in [3.05, 3.63) is 132 Å². The molecule has 4 heterocycles. The number of benzene rings is 5. The fraction of sp³-hybridized carbons (Fsp3) is 0.0263. The average molecular weight is 556 g/mol. The Morgan fingerprint density at radius 1 is 0.690 bits per heavy atom. The van der Waals surface area contributed by atoms with Gasteiger partial charge in [-0.25, -0.2) is 4.98 Å². The molecule has 4 heteroatoms. The second-order valence-corrected chi connectivity index (χ2v) is 12.1. The first-order chi connectivity index (χ1) is 20.7. The summed E-state index contributed by atoms with van der Waals surface area (Å²) < 4.78 is 6.11. The van der Waals surface area contributed by atoms with Crippen molar-refractivity contribution in [3.63, 3.8) is 0 Å². The summed E-state index contributed by atoms with van der Waals surface area (Å²) in [5.74, 6) is 0. The van der Waals surface area contributed by atoms with Crippen LogP contribution in [-0.4, -0.2) is 14.0 Å². The van der Waals surface area contributed by atoms with Gasteiger partial charge in [-0.15, -0.1) is 11.3 Å². The Kier molecular flexibility index (Phi) is 4.84. The van der Waals surface area contributed by atoms with E-state index in [1.165, 1.54) is 58.6 Å². The van der Waals surface area contributed by atoms with E-state index < -0.39 is 0 Å². The van der Waals surface area contributed by atoms with Crippen LogP contribution < -0.4 is 0 Å². The van der Waals surface area contributed by atoms with Crippen molar-refractivity contribution in [1.29, 1.82) is 0 Å². The van der Waals surface area contributed by atoms with Crippen LogP contribution >= 0.6 is 11.3 Å². The highest BCUT2D eigenvalue weighted by Gasteiger charge is 2.23. The maximum absolute atomic E-state index is 5.28. The van der Waals surface area contributed by atoms with E-state index in [2.05, 4.69) is 132 Å². The molecule has 4 aromatic heterocycles. The Morgan fingerprint density at radius 2 is 1.43 bits per heavy atom. The van der Waals surface area contributed by atoms with Crippen LogP contribution in [0.2, 0.25) is 0 Å². The second kappa shape index (κ2) is 8.65. The number of aromatic nitrogens is 3. The number of hydrogen-bond donors (Lipinski definition) is 0. The van der Waals surface area contributed by atoms with Gasteiger partial charge in [0, 0.05) is 47.6 Å². The first kappa shape index (κ1) is 23.5. The lowest BCUT2D eigenvalue weighted by Gasteiger charge is -2.15. The van der Waals surface area contributed by atoms with Crippen LogP contribution in [0, 0.1) is 6.92 Å². The molecule has 198 valence electrons. The third-order valence-electron chi connectivity index (χ3n) is 8.60. The monoisotopic (exact) mass is 555 g/mol. The first-order valence-electron chi connectivity index (χ1n) is 14.2. The van der Waals surface area contributed by atoms with Gasteiger partial charge < -0.3 is 4.57 Å². The van der Waals surface area contributed by atoms with Gasteiger partial charge in [0.1, 0.15) is 5.65 Å². The highest BCUT2D eigenvalue weighted by Crippen LogP contribution is 2.45. The van der Waals surface area contributed by atoms with Crippen molar-refractivity contribution in [2.45, 2.75) is 6.92 Å². The van der Waals surface area contributed by atoms with Crippen molar-refractivity contribution < 1.29 is 0 Å². The summed E-state index contributed by atoms with van der Waals surface area (Å²) in [5.41, 5.74) is 9.13. The Bertz CT molecular complexity index is 2590. The van der Waals surface area contributed by atoms with Gasteiger partial charge in [-0.3, -0.25) is 4.40 Å². The fourth-order valence-corrected chi connectivity index (χ4v) is 7.96. The Hall–Kier alpha value is -5.19. The van der Waals surface area contributed by atoms with Gasteiger partial charge >= 0.3 is 0 Å². The van der Waals surface area contributed by atoms with Crippen LogP contribution in [0.5, 0.6) is 0 Å². The molecular formula is C38H25N3S. The van der Waals surface area contributed by atoms with E-state index in [9.17, 15) is 0 Å². The van der Waals surface area contributed by atoms with E-state index in [0.717, 1.165) is 27.8 Å². The molecule has 3 nitrogen and oxygen atoms in total. The van der Waals surface area contributed by atoms with Crippen molar-refractivity contribution in [2.75, 3.05) is 0 Å². The highest BCUT2D eigenvalue weighted by molar-refractivity contribution is 7.19. The lowest BCUT2D eigenvalue weighted by atomic mass is 9.99. The SMILES string of the molecule is C=C/C=C\c1c(C)sc2ccc3c4c(ccc5c6ccccc6n(-c6ccccc6)c54)c4nc5ccccc5n4c3c12. The Morgan fingerprint density at radius 3 is 2.29 bits per heavy atom. The predicted molar refractivity (Wildman–Crippen MR) is 181 cm³/mol. The maximum Gasteiger partial charge on any atom is 0.146 e. The predicted octanol–water partition coefficient (Wildman–Crippen LogP) is 10.6. The minimum atomic E-state index is 0.987. The number of nitrogens with zero attached hydrogens (tertiary/aromatic N) is 3. The zero-order chi connectivity index (χ0) is 27.9. The Labute approximate surface area is 245 Å². The first-order valence-corrected chi connectivity index (χ1v) is 15.0. The minimum absolute atomic E-state index is 0.987. The molecule has 0 saturated heterocycles. The Balaban J connectivity index is 1.65. The van der Waals surface area contributed by atoms with Crippen LogP contribution in [0.4, 0.5) is 0 Å². The summed E-state index contributed by atoms with van der Waals surface area (Å²) in [6.45, 7) is 6.16. The molecule has 9 rings (SSSR count). The van der Waals surface area contributed by atoms with Crippen molar-refractivity contribution in [1.82, 2.24) is 14.0 Å². The molecule has 0 fully saturated rings. The van der Waals surface area contributed by atoms with Gasteiger partial charge in [-0.1, -0.05) is 85.5 Å². The van der Waals surface area contributed by atoms with Crippen LogP contribution in [0.15, 0.2) is 122 Å². The summed E-state index contributed by atoms with van der Waals surface area (Å²) in [7, 11) is 0. The van der Waals surface area contributed by atoms with Gasteiger partial charge in [0.25, 0.3) is 0 Å². The van der Waals surface area contributed by atoms with Crippen LogP contribution in [0.1, 0.15) is 10.4 Å². The van der Waals surface area contributed by atoms with Gasteiger partial charge in [0.2, 0.25) is 0 Å². The molecule has 0 aliphatic rings. The molecule has 0 radical (unpaired) electrons. The third kappa shape index (κ3) is 3.02. The molecule has 0 aliphatic carbocycles. The number of aryl methyl sites for hydroxylation is 1. The van der Waals surface area contributed by atoms with E-state index in [0.29, 0.717) is 0 Å². The molecule has 0 atom stereocenters. The zero-order valence-corrected chi connectivity index (χ0v) is 23.8. The van der Waals surface area contributed by atoms with Crippen LogP contribution in [0.25, 0.3) is 82.0 Å². The average Bonchev–Trinajstić information content (AvgIpc) is 3.69. The van der Waals surface area contributed by atoms with Crippen molar-refractivity contribution in [2.24, 2.45) is 0 Å². The minimum Gasteiger partial charge on any atom is -0.309 e. The summed E-state index contributed by atoms with van der Waals surface area (Å²) in [4.78, 5) is 6.58. The van der Waals surface area contributed by atoms with Crippen LogP contribution in [-0.2, 0) is 0 Å². The normalized spacial score (nSPS) is 12.4. The summed E-state index contributed by atoms with van der Waals surface area (Å²) in [6, 6.07) is 37.2. The van der Waals surface area contributed by atoms with Gasteiger partial charge in [0.05, 0.1) is 27.6 Å². The van der Waals surface area contributed by atoms with Crippen LogP contribution in [0.3, 0.4) is 0 Å². The fourth-order valence-electron chi connectivity index (χ4n) is 6.91. The molecule has 0 spiro atoms. The largest absolute Gasteiger partial charge is 0.309 e. The number of imidazole rings is 1. The summed E-state index contributed by atoms with van der Waals surface area (Å²) >= 11 is 1.85. The van der Waals surface area contributed by atoms with Gasteiger partial charge in [-0.05, 0) is 55.0 Å². The van der Waals surface area contributed by atoms with Crippen molar-refractivity contribution in [3.8, 4) is 5.69 Å². The number of pyridine rings is 1. The quantitative estimate of drug-likeness (QED) is 0.157. The topological polar surface area (TPSA) is 22.2 Å². The smallest absolute Gasteiger partial charge is 0.146 e. The highest BCUT2D eigenvalue weighted by atomic mass is 32.1. The molecule has 0 unspecified atom stereocenters. The molecule has 0 amide bonds. The molecule has 0 N–H and O–H groups in total. The number of rotatable bonds is 3. The number of hydrogen-bond acceptors (Lipinski definition) is 2. The van der Waals surface area contributed by atoms with E-state index >= 15 is 0 Å². The van der Waals surface area contributed by atoms with Gasteiger partial charge in [0.15, 0.2) is 0 Å². The van der Waals surface area contributed by atoms with Gasteiger partial charge in [-0.2, -0.15) is 0 Å². The number of para-hydroxylation sites is 4. The molecule has 42 heavy (non-hydrogen) atoms. The number of fused-ring (bicyclic) bond motifs is 14. The summed E-state index contributed by atoms with van der Waals surface area (Å²) in [6.07, 6.45) is 6.11. The lowest BCUT2D eigenvalue weighted by molar-refractivity contribution is 1.19. The molecular weight excluding hydrogens is 531 g/mol. The third-order valence-corrected chi connectivity index (χ3v) is 9.68. The van der Waals surface area contributed by atoms with E-state index in [1.807, 2.05) is 23.5 Å². The number of thiophene rings is 1.